The van der Waals surface area contributed by atoms with E-state index >= 15 is 0 Å². The molecule has 33 heteroatoms. The van der Waals surface area contributed by atoms with Gasteiger partial charge in [0.1, 0.15) is 54.6 Å². The van der Waals surface area contributed by atoms with Crippen molar-refractivity contribution in [3.63, 3.8) is 0 Å². The number of cyclic esters (lactones) is 1. The van der Waals surface area contributed by atoms with Gasteiger partial charge in [-0.25, -0.2) is 4.79 Å². The summed E-state index contributed by atoms with van der Waals surface area (Å²) in [5.74, 6) is -16.4. The fourth-order valence-corrected chi connectivity index (χ4v) is 8.92. The van der Waals surface area contributed by atoms with Crippen molar-refractivity contribution in [2.75, 3.05) is 59.3 Å². The van der Waals surface area contributed by atoms with Crippen LogP contribution in [0.25, 0.3) is 0 Å². The molecule has 1 saturated heterocycles. The number of unbranched alkanes of at least 4 members (excludes halogenated alkanes) is 9. The monoisotopic (exact) mass is 1280 g/mol. The van der Waals surface area contributed by atoms with Crippen LogP contribution in [0.3, 0.4) is 0 Å². The first-order valence-corrected chi connectivity index (χ1v) is 30.3. The summed E-state index contributed by atoms with van der Waals surface area (Å²) in [6.07, 6.45) is 0.226. The van der Waals surface area contributed by atoms with Gasteiger partial charge in [-0.1, -0.05) is 70.8 Å². The van der Waals surface area contributed by atoms with Crippen molar-refractivity contribution in [2.45, 2.75) is 203 Å². The number of aliphatic carboxylic acids is 1. The van der Waals surface area contributed by atoms with Crippen molar-refractivity contribution >= 4 is 82.6 Å². The Hall–Kier alpha value is -6.65. The number of likely N-dealkylation sites (N-methyl/N-ethyl adjacent to an activating group) is 1. The van der Waals surface area contributed by atoms with Crippen LogP contribution in [0.5, 0.6) is 0 Å². The second kappa shape index (κ2) is 43.9. The van der Waals surface area contributed by atoms with Gasteiger partial charge in [0.2, 0.25) is 47.3 Å². The van der Waals surface area contributed by atoms with Crippen LogP contribution in [-0.4, -0.2) is 233 Å². The number of aliphatic hydroxyl groups is 4. The Kier molecular flexibility index (Phi) is 39.6. The number of esters is 1. The maximum Gasteiger partial charge on any atom is 0.331 e. The van der Waals surface area contributed by atoms with Crippen molar-refractivity contribution in [3.05, 3.63) is 11.8 Å². The summed E-state index contributed by atoms with van der Waals surface area (Å²) < 4.78 is 5.38. The maximum atomic E-state index is 14.3. The molecule has 1 heterocycles. The molecule has 0 saturated carbocycles. The van der Waals surface area contributed by atoms with E-state index in [-0.39, 0.29) is 58.4 Å². The highest BCUT2D eigenvalue weighted by Crippen LogP contribution is 2.14. The molecule has 32 nitrogen and oxygen atoms in total. The van der Waals surface area contributed by atoms with E-state index < -0.39 is 181 Å². The molecule has 10 amide bonds. The quantitative estimate of drug-likeness (QED) is 0.0133. The molecule has 88 heavy (non-hydrogen) atoms. The lowest BCUT2D eigenvalue weighted by molar-refractivity contribution is -0.154. The Morgan fingerprint density at radius 3 is 1.70 bits per heavy atom. The second-order valence-electron chi connectivity index (χ2n) is 21.6. The van der Waals surface area contributed by atoms with Crippen LogP contribution in [0.2, 0.25) is 0 Å². The second-order valence-corrected chi connectivity index (χ2v) is 21.9. The van der Waals surface area contributed by atoms with E-state index in [1.165, 1.54) is 6.92 Å². The number of rotatable bonds is 31. The van der Waals surface area contributed by atoms with Crippen LogP contribution >= 0.6 is 11.6 Å². The van der Waals surface area contributed by atoms with Crippen LogP contribution in [0, 0.1) is 0 Å². The standard InChI is InChI=1S/C55H97ClN14O18/c1-6-8-9-10-11-12-13-14-15-18-32(72)27-40(74)61-38-30-88-55(87)43(39(73)29-56)68-53(85)44(45(77)54(86)60-25-26-70(4)5)69-46(78)33(7-2)62-52(84)42(31(3)71)67-49(81)36(21-24-59)64-47(79)34(19-16-17-22-57)63-50(82)37(28-41(75)76)66-48(80)35(20-23-58)65-51(38)83/h7,31-32,34-39,42-45,71-73,77H,6,8-30,57-59H2,1-5H3,(H,60,86)(H,61,74)(H,62,84)(H,63,82)(H,64,79)(H,65,83)(H,66,80)(H,67,81)(H,68,85)(H,69,78)(H,75,76)/b33-7+/t31-,32+,34-,35+,36-,37-,38-,39+,42-,43-,44-,45-/m0/s1. The average Bonchev–Trinajstić information content (AvgIpc) is 3.66. The molecule has 21 N–H and O–H groups in total. The van der Waals surface area contributed by atoms with Crippen LogP contribution in [0.1, 0.15) is 130 Å². The normalized spacial score (nSPS) is 23.8. The summed E-state index contributed by atoms with van der Waals surface area (Å²) in [5.41, 5.74) is 16.6. The van der Waals surface area contributed by atoms with Gasteiger partial charge >= 0.3 is 11.9 Å². The zero-order valence-electron chi connectivity index (χ0n) is 51.1. The minimum Gasteiger partial charge on any atom is -0.481 e. The smallest absolute Gasteiger partial charge is 0.331 e. The number of hydrogen-bond acceptors (Lipinski definition) is 21. The lowest BCUT2D eigenvalue weighted by Gasteiger charge is -2.29. The van der Waals surface area contributed by atoms with Crippen molar-refractivity contribution in [2.24, 2.45) is 17.2 Å². The highest BCUT2D eigenvalue weighted by atomic mass is 35.5. The van der Waals surface area contributed by atoms with Crippen LogP contribution in [-0.2, 0) is 62.3 Å². The number of carboxylic acid groups (broad SMARTS) is 1. The van der Waals surface area contributed by atoms with Gasteiger partial charge in [0.15, 0.2) is 12.1 Å². The SMILES string of the molecule is C/C=C1/NC(=O)[C@H]([C@H](C)O)NC(=O)[C@H](CCN)NC(=O)[C@H](CCCCN)NC(=O)[C@H](CC(=O)O)NC(=O)[C@@H](CCN)NC(=O)[C@@H](NC(=O)C[C@H](O)CCCCCCCCCCC)COC(=O)[C@H]([C@H](O)CCl)NC(=O)[C@H]([C@H](O)C(=O)NCCN(C)C)NC1=O. The number of carbonyl (C=O) groups excluding carboxylic acids is 11. The summed E-state index contributed by atoms with van der Waals surface area (Å²) in [7, 11) is 3.32. The number of nitrogens with two attached hydrogens (primary N) is 3. The number of halogens is 1. The van der Waals surface area contributed by atoms with Crippen LogP contribution < -0.4 is 70.4 Å². The van der Waals surface area contributed by atoms with E-state index in [4.69, 9.17) is 33.5 Å². The molecule has 502 valence electrons. The van der Waals surface area contributed by atoms with Crippen molar-refractivity contribution < 1.29 is 87.8 Å². The number of hydrogen-bond donors (Lipinski definition) is 18. The predicted molar refractivity (Wildman–Crippen MR) is 319 cm³/mol. The number of amides is 10. The van der Waals surface area contributed by atoms with Gasteiger partial charge in [-0.2, -0.15) is 0 Å². The number of nitrogens with one attached hydrogen (secondary N) is 10. The molecular weight excluding hydrogens is 1180 g/mol. The topological polar surface area (TPSA) is 517 Å². The molecule has 0 unspecified atom stereocenters. The number of allylic oxidation sites excluding steroid dienone is 1. The van der Waals surface area contributed by atoms with E-state index in [0.717, 1.165) is 64.4 Å². The lowest BCUT2D eigenvalue weighted by Crippen LogP contribution is -2.63. The van der Waals surface area contributed by atoms with Gasteiger partial charge < -0.3 is 106 Å². The number of aliphatic hydroxyl groups excluding tert-OH is 4. The molecule has 0 bridgehead atoms. The van der Waals surface area contributed by atoms with Gasteiger partial charge in [-0.15, -0.1) is 11.6 Å². The van der Waals surface area contributed by atoms with E-state index in [2.05, 4.69) is 60.1 Å². The maximum absolute atomic E-state index is 14.3. The molecule has 0 aromatic heterocycles. The van der Waals surface area contributed by atoms with Gasteiger partial charge in [0, 0.05) is 13.1 Å². The van der Waals surface area contributed by atoms with Crippen molar-refractivity contribution in [1.29, 1.82) is 0 Å². The Bertz CT molecular complexity index is 2300. The summed E-state index contributed by atoms with van der Waals surface area (Å²) in [4.78, 5) is 167. The summed E-state index contributed by atoms with van der Waals surface area (Å²) in [6, 6.07) is -15.5. The first-order valence-electron chi connectivity index (χ1n) is 29.8. The minimum atomic E-state index is -2.50. The molecule has 1 aliphatic heterocycles. The Balaban J connectivity index is 4.11. The Morgan fingerprint density at radius 1 is 0.659 bits per heavy atom. The summed E-state index contributed by atoms with van der Waals surface area (Å²) in [6.45, 7) is 2.86. The minimum absolute atomic E-state index is 0.109. The molecular formula is C55H97ClN14O18. The summed E-state index contributed by atoms with van der Waals surface area (Å²) >= 11 is 5.96. The molecule has 1 aliphatic rings. The highest BCUT2D eigenvalue weighted by Gasteiger charge is 2.41. The number of nitrogens with zero attached hydrogens (tertiary/aromatic N) is 1. The highest BCUT2D eigenvalue weighted by molar-refractivity contribution is 6.18. The van der Waals surface area contributed by atoms with E-state index in [0.29, 0.717) is 12.8 Å². The number of alkyl halides is 1. The predicted octanol–water partition coefficient (Wildman–Crippen LogP) is -5.57. The number of carboxylic acids is 1. The van der Waals surface area contributed by atoms with Gasteiger partial charge in [-0.3, -0.25) is 52.7 Å². The molecule has 0 radical (unpaired) electrons. The zero-order chi connectivity index (χ0) is 66.5. The molecule has 0 aliphatic carbocycles. The first kappa shape index (κ1) is 79.4. The lowest BCUT2D eigenvalue weighted by atomic mass is 10.0. The molecule has 0 aromatic rings. The Morgan fingerprint density at radius 2 is 1.18 bits per heavy atom. The third-order valence-electron chi connectivity index (χ3n) is 13.8. The fraction of sp³-hybridized carbons (Fsp3) is 0.745. The van der Waals surface area contributed by atoms with Gasteiger partial charge in [0.25, 0.3) is 11.8 Å². The van der Waals surface area contributed by atoms with E-state index in [1.807, 2.05) is 0 Å². The average molecular weight is 1280 g/mol. The fourth-order valence-electron chi connectivity index (χ4n) is 8.74. The molecule has 12 atom stereocenters. The summed E-state index contributed by atoms with van der Waals surface area (Å²) in [5, 5.41) is 76.6. The first-order chi connectivity index (χ1) is 41.7. The third kappa shape index (κ3) is 30.5. The van der Waals surface area contributed by atoms with Gasteiger partial charge in [-0.05, 0) is 86.1 Å². The zero-order valence-corrected chi connectivity index (χ0v) is 51.8. The molecule has 0 aromatic carbocycles. The van der Waals surface area contributed by atoms with Crippen molar-refractivity contribution in [3.8, 4) is 0 Å². The molecule has 1 rings (SSSR count). The number of ether oxygens (including phenoxy) is 1. The third-order valence-corrected chi connectivity index (χ3v) is 14.2. The Labute approximate surface area is 517 Å². The van der Waals surface area contributed by atoms with Crippen molar-refractivity contribution in [1.82, 2.24) is 58.1 Å². The number of carbonyl (C=O) groups is 12. The van der Waals surface area contributed by atoms with E-state index in [1.54, 1.807) is 19.0 Å². The molecule has 1 fully saturated rings. The van der Waals surface area contributed by atoms with E-state index in [9.17, 15) is 83.1 Å². The largest absolute Gasteiger partial charge is 0.481 e. The van der Waals surface area contributed by atoms with Crippen LogP contribution in [0.4, 0.5) is 0 Å². The van der Waals surface area contributed by atoms with Crippen LogP contribution in [0.15, 0.2) is 11.8 Å². The molecule has 0 spiro atoms. The van der Waals surface area contributed by atoms with Gasteiger partial charge in [0.05, 0.1) is 37.0 Å².